The minimum atomic E-state index is -4.43. The van der Waals surface area contributed by atoms with E-state index < -0.39 is 17.8 Å². The molecule has 1 amide bonds. The summed E-state index contributed by atoms with van der Waals surface area (Å²) in [5.74, 6) is -0.482. The second-order valence-electron chi connectivity index (χ2n) is 6.08. The summed E-state index contributed by atoms with van der Waals surface area (Å²) in [5.41, 5.74) is 6.93. The lowest BCUT2D eigenvalue weighted by Crippen LogP contribution is -2.11. The van der Waals surface area contributed by atoms with Crippen molar-refractivity contribution in [2.75, 3.05) is 0 Å². The Kier molecular flexibility index (Phi) is 6.92. The highest BCUT2D eigenvalue weighted by Crippen LogP contribution is 2.29. The molecule has 2 heterocycles. The lowest BCUT2D eigenvalue weighted by Gasteiger charge is -2.07. The van der Waals surface area contributed by atoms with E-state index in [0.29, 0.717) is 11.3 Å². The van der Waals surface area contributed by atoms with E-state index in [1.54, 1.807) is 0 Å². The predicted molar refractivity (Wildman–Crippen MR) is 101 cm³/mol. The maximum Gasteiger partial charge on any atom is 0.433 e. The van der Waals surface area contributed by atoms with Crippen molar-refractivity contribution in [2.24, 2.45) is 5.73 Å². The van der Waals surface area contributed by atoms with Crippen LogP contribution in [0.3, 0.4) is 0 Å². The molecule has 0 unspecified atom stereocenters. The Morgan fingerprint density at radius 2 is 1.96 bits per heavy atom. The van der Waals surface area contributed by atoms with Crippen molar-refractivity contribution in [1.29, 1.82) is 0 Å². The highest BCUT2D eigenvalue weighted by molar-refractivity contribution is 5.94. The van der Waals surface area contributed by atoms with E-state index in [9.17, 15) is 18.0 Å². The van der Waals surface area contributed by atoms with Gasteiger partial charge >= 0.3 is 6.18 Å². The normalized spacial score (nSPS) is 13.8. The molecule has 0 fully saturated rings. The number of amides is 1. The van der Waals surface area contributed by atoms with Gasteiger partial charge in [0.25, 0.3) is 0 Å². The van der Waals surface area contributed by atoms with Crippen molar-refractivity contribution in [2.45, 2.75) is 31.9 Å². The average Bonchev–Trinajstić information content (AvgIpc) is 3.10. The van der Waals surface area contributed by atoms with Gasteiger partial charge in [0.05, 0.1) is 11.4 Å². The van der Waals surface area contributed by atoms with Gasteiger partial charge in [-0.3, -0.25) is 9.78 Å². The number of carbonyl (C=O) groups excluding carboxylic acids is 1. The first-order valence-corrected chi connectivity index (χ1v) is 8.62. The Bertz CT molecular complexity index is 874. The molecule has 3 rings (SSSR count). The molecule has 8 heteroatoms. The molecule has 0 atom stereocenters. The Morgan fingerprint density at radius 1 is 1.25 bits per heavy atom. The molecule has 1 aliphatic rings. The van der Waals surface area contributed by atoms with Crippen LogP contribution in [0.2, 0.25) is 0 Å². The van der Waals surface area contributed by atoms with Gasteiger partial charge in [0.1, 0.15) is 5.69 Å². The third kappa shape index (κ3) is 5.42. The van der Waals surface area contributed by atoms with Crippen LogP contribution in [0.15, 0.2) is 61.5 Å². The lowest BCUT2D eigenvalue weighted by molar-refractivity contribution is -0.141. The molecule has 1 aliphatic carbocycles. The molecule has 0 bridgehead atoms. The second-order valence-corrected chi connectivity index (χ2v) is 6.08. The van der Waals surface area contributed by atoms with Crippen LogP contribution in [-0.2, 0) is 23.8 Å². The summed E-state index contributed by atoms with van der Waals surface area (Å²) in [5, 5.41) is 4.37. The molecule has 0 saturated carbocycles. The van der Waals surface area contributed by atoms with Crippen molar-refractivity contribution in [3.8, 4) is 5.69 Å². The first-order chi connectivity index (χ1) is 13.3. The largest absolute Gasteiger partial charge is 0.433 e. The smallest absolute Gasteiger partial charge is 0.366 e. The number of nitrogens with two attached hydrogens (primary N) is 1. The van der Waals surface area contributed by atoms with Gasteiger partial charge in [-0.2, -0.15) is 18.3 Å². The molecule has 28 heavy (non-hydrogen) atoms. The fraction of sp³-hybridized carbons (Fsp3) is 0.250. The molecule has 5 nitrogen and oxygen atoms in total. The molecule has 2 aromatic rings. The van der Waals surface area contributed by atoms with Crippen LogP contribution >= 0.6 is 0 Å². The number of rotatable bonds is 4. The van der Waals surface area contributed by atoms with E-state index in [0.717, 1.165) is 43.0 Å². The number of halogens is 3. The van der Waals surface area contributed by atoms with Crippen LogP contribution in [0.5, 0.6) is 0 Å². The van der Waals surface area contributed by atoms with Gasteiger partial charge in [0, 0.05) is 18.0 Å². The number of nitrogens with zero attached hydrogens (tertiary/aromatic N) is 3. The molecule has 0 spiro atoms. The summed E-state index contributed by atoms with van der Waals surface area (Å²) in [7, 11) is 0. The van der Waals surface area contributed by atoms with Crippen LogP contribution in [0.4, 0.5) is 13.2 Å². The third-order valence-electron chi connectivity index (χ3n) is 4.09. The van der Waals surface area contributed by atoms with Crippen LogP contribution in [0.25, 0.3) is 5.69 Å². The highest BCUT2D eigenvalue weighted by atomic mass is 19.4. The summed E-state index contributed by atoms with van der Waals surface area (Å²) >= 11 is 0. The van der Waals surface area contributed by atoms with Crippen molar-refractivity contribution in [1.82, 2.24) is 14.8 Å². The summed E-state index contributed by atoms with van der Waals surface area (Å²) < 4.78 is 39.4. The zero-order valence-electron chi connectivity index (χ0n) is 15.2. The number of alkyl halides is 3. The number of hydrogen-bond acceptors (Lipinski definition) is 3. The Hall–Kier alpha value is -3.16. The number of aryl methyl sites for hydroxylation is 2. The van der Waals surface area contributed by atoms with Gasteiger partial charge < -0.3 is 5.73 Å². The van der Waals surface area contributed by atoms with E-state index >= 15 is 0 Å². The number of pyridine rings is 1. The fourth-order valence-electron chi connectivity index (χ4n) is 2.70. The summed E-state index contributed by atoms with van der Waals surface area (Å²) in [4.78, 5) is 13.7. The third-order valence-corrected chi connectivity index (χ3v) is 4.09. The molecule has 0 aromatic carbocycles. The molecule has 148 valence electrons. The zero-order valence-corrected chi connectivity index (χ0v) is 15.2. The number of fused-ring (bicyclic) bond motifs is 1. The topological polar surface area (TPSA) is 73.8 Å². The van der Waals surface area contributed by atoms with Gasteiger partial charge in [-0.1, -0.05) is 31.4 Å². The van der Waals surface area contributed by atoms with Crippen molar-refractivity contribution < 1.29 is 18.0 Å². The van der Waals surface area contributed by atoms with Crippen molar-refractivity contribution >= 4 is 5.91 Å². The first kappa shape index (κ1) is 21.1. The Labute approximate surface area is 161 Å². The SMILES string of the molecule is C=C/C=C(\C=C)C(N)=O.FC(F)(F)c1cc(-n2cc3c(n2)CCCC3)ccn1. The van der Waals surface area contributed by atoms with Crippen LogP contribution in [0, 0.1) is 0 Å². The van der Waals surface area contributed by atoms with Gasteiger partial charge in [-0.15, -0.1) is 0 Å². The van der Waals surface area contributed by atoms with E-state index in [2.05, 4.69) is 23.2 Å². The van der Waals surface area contributed by atoms with E-state index in [4.69, 9.17) is 5.73 Å². The number of aromatic nitrogens is 3. The molecule has 0 radical (unpaired) electrons. The molecule has 2 aromatic heterocycles. The summed E-state index contributed by atoms with van der Waals surface area (Å²) in [6.07, 6.45) is 7.01. The number of hydrogen-bond donors (Lipinski definition) is 1. The molecule has 0 saturated heterocycles. The number of allylic oxidation sites excluding steroid dienone is 2. The first-order valence-electron chi connectivity index (χ1n) is 8.62. The van der Waals surface area contributed by atoms with E-state index in [-0.39, 0.29) is 0 Å². The molecular formula is C20H21F3N4O. The highest BCUT2D eigenvalue weighted by Gasteiger charge is 2.32. The second kappa shape index (κ2) is 9.16. The van der Waals surface area contributed by atoms with Crippen LogP contribution < -0.4 is 5.73 Å². The van der Waals surface area contributed by atoms with Gasteiger partial charge in [-0.05, 0) is 43.4 Å². The molecular weight excluding hydrogens is 369 g/mol. The minimum absolute atomic E-state index is 0.380. The Balaban J connectivity index is 0.000000266. The van der Waals surface area contributed by atoms with Gasteiger partial charge in [0.2, 0.25) is 5.91 Å². The molecule has 0 aliphatic heterocycles. The molecule has 2 N–H and O–H groups in total. The van der Waals surface area contributed by atoms with Gasteiger partial charge in [-0.25, -0.2) is 4.68 Å². The zero-order chi connectivity index (χ0) is 20.7. The summed E-state index contributed by atoms with van der Waals surface area (Å²) in [6, 6.07) is 2.56. The van der Waals surface area contributed by atoms with E-state index in [1.807, 2.05) is 6.20 Å². The summed E-state index contributed by atoms with van der Waals surface area (Å²) in [6.45, 7) is 6.78. The van der Waals surface area contributed by atoms with E-state index in [1.165, 1.54) is 35.2 Å². The maximum absolute atomic E-state index is 12.6. The standard InChI is InChI=1S/C13H12F3N3.C7H9NO/c14-13(15,16)12-7-10(5-6-17-12)19-8-9-3-1-2-4-11(9)18-19;1-3-5-6(4-2)7(8)9/h5-8H,1-4H2;3-5H,1-2H2,(H2,8,9)/b;6-5+. The average molecular weight is 390 g/mol. The maximum atomic E-state index is 12.6. The lowest BCUT2D eigenvalue weighted by atomic mass is 9.99. The van der Waals surface area contributed by atoms with Crippen LogP contribution in [0.1, 0.15) is 29.8 Å². The quantitative estimate of drug-likeness (QED) is 0.635. The predicted octanol–water partition coefficient (Wildman–Crippen LogP) is 3.94. The fourth-order valence-corrected chi connectivity index (χ4v) is 2.70. The monoisotopic (exact) mass is 390 g/mol. The van der Waals surface area contributed by atoms with Crippen molar-refractivity contribution in [3.63, 3.8) is 0 Å². The Morgan fingerprint density at radius 3 is 2.50 bits per heavy atom. The number of carbonyl (C=O) groups is 1. The number of primary amides is 1. The van der Waals surface area contributed by atoms with Gasteiger partial charge in [0.15, 0.2) is 0 Å². The van der Waals surface area contributed by atoms with Crippen molar-refractivity contribution in [3.05, 3.63) is 78.4 Å². The minimum Gasteiger partial charge on any atom is -0.366 e. The van der Waals surface area contributed by atoms with Crippen LogP contribution in [-0.4, -0.2) is 20.7 Å².